The average Bonchev–Trinajstić information content (AvgIpc) is 2.99. The molecule has 0 saturated heterocycles. The molecule has 0 spiro atoms. The van der Waals surface area contributed by atoms with E-state index in [1.54, 1.807) is 6.92 Å². The van der Waals surface area contributed by atoms with Crippen LogP contribution < -0.4 is 4.90 Å². The Morgan fingerprint density at radius 1 is 1.19 bits per heavy atom. The number of anilines is 1. The molecule has 2 aromatic carbocycles. The summed E-state index contributed by atoms with van der Waals surface area (Å²) >= 11 is 0. The number of nitrogens with zero attached hydrogens (tertiary/aromatic N) is 2. The molecule has 4 nitrogen and oxygen atoms in total. The van der Waals surface area contributed by atoms with Crippen LogP contribution in [0.4, 0.5) is 18.9 Å². The van der Waals surface area contributed by atoms with Gasteiger partial charge < -0.3 is 9.32 Å². The summed E-state index contributed by atoms with van der Waals surface area (Å²) in [4.78, 5) is 16.8. The van der Waals surface area contributed by atoms with Crippen molar-refractivity contribution in [1.29, 1.82) is 0 Å². The molecule has 0 fully saturated rings. The van der Waals surface area contributed by atoms with Crippen molar-refractivity contribution in [3.05, 3.63) is 47.5 Å². The maximum absolute atomic E-state index is 12.8. The Kier molecular flexibility index (Phi) is 4.48. The lowest BCUT2D eigenvalue weighted by molar-refractivity contribution is -0.170. The van der Waals surface area contributed by atoms with Crippen LogP contribution >= 0.6 is 0 Å². The number of aromatic nitrogens is 1. The summed E-state index contributed by atoms with van der Waals surface area (Å²) in [7, 11) is 0. The van der Waals surface area contributed by atoms with Crippen molar-refractivity contribution in [3.8, 4) is 11.5 Å². The Bertz CT molecular complexity index is 977. The third-order valence-corrected chi connectivity index (χ3v) is 4.04. The van der Waals surface area contributed by atoms with Crippen molar-refractivity contribution in [1.82, 2.24) is 4.98 Å². The molecule has 0 radical (unpaired) electrons. The van der Waals surface area contributed by atoms with Crippen LogP contribution in [0.3, 0.4) is 0 Å². The van der Waals surface area contributed by atoms with Crippen LogP contribution in [0.1, 0.15) is 18.1 Å². The molecule has 1 heterocycles. The number of carbonyl (C=O) groups is 1. The van der Waals surface area contributed by atoms with Gasteiger partial charge in [0.15, 0.2) is 5.58 Å². The van der Waals surface area contributed by atoms with Gasteiger partial charge >= 0.3 is 12.1 Å². The third-order valence-electron chi connectivity index (χ3n) is 4.04. The summed E-state index contributed by atoms with van der Waals surface area (Å²) in [6.45, 7) is 5.04. The Morgan fingerprint density at radius 2 is 1.92 bits per heavy atom. The Balaban J connectivity index is 2.09. The molecule has 0 aliphatic rings. The zero-order valence-corrected chi connectivity index (χ0v) is 14.5. The Hall–Kier alpha value is -2.83. The SMILES string of the molecule is CCN(C(=O)C(F)(F)F)c1cc(C)c2oc(-c3cccc(C)c3)nc2c1. The van der Waals surface area contributed by atoms with Gasteiger partial charge in [0.2, 0.25) is 5.89 Å². The van der Waals surface area contributed by atoms with Gasteiger partial charge in [-0.2, -0.15) is 13.2 Å². The maximum atomic E-state index is 12.8. The predicted molar refractivity (Wildman–Crippen MR) is 93.0 cm³/mol. The molecule has 3 aromatic rings. The molecular weight excluding hydrogens is 345 g/mol. The summed E-state index contributed by atoms with van der Waals surface area (Å²) in [6, 6.07) is 10.5. The van der Waals surface area contributed by atoms with E-state index in [1.807, 2.05) is 31.2 Å². The van der Waals surface area contributed by atoms with Crippen LogP contribution in [0.25, 0.3) is 22.6 Å². The molecule has 7 heteroatoms. The van der Waals surface area contributed by atoms with E-state index in [0.29, 0.717) is 27.5 Å². The van der Waals surface area contributed by atoms with Gasteiger partial charge in [0, 0.05) is 17.8 Å². The lowest BCUT2D eigenvalue weighted by atomic mass is 10.1. The number of amides is 1. The summed E-state index contributed by atoms with van der Waals surface area (Å²) in [5, 5.41) is 0. The van der Waals surface area contributed by atoms with Gasteiger partial charge in [-0.15, -0.1) is 0 Å². The number of alkyl halides is 3. The number of benzene rings is 2. The molecule has 0 aliphatic heterocycles. The molecule has 0 atom stereocenters. The van der Waals surface area contributed by atoms with Crippen LogP contribution in [-0.4, -0.2) is 23.6 Å². The number of halogens is 3. The molecule has 1 aromatic heterocycles. The van der Waals surface area contributed by atoms with Crippen molar-refractivity contribution >= 4 is 22.7 Å². The van der Waals surface area contributed by atoms with Gasteiger partial charge in [-0.3, -0.25) is 4.79 Å². The summed E-state index contributed by atoms with van der Waals surface area (Å²) in [5.74, 6) is -1.52. The highest BCUT2D eigenvalue weighted by Crippen LogP contribution is 2.32. The highest BCUT2D eigenvalue weighted by atomic mass is 19.4. The monoisotopic (exact) mass is 362 g/mol. The minimum absolute atomic E-state index is 0.105. The van der Waals surface area contributed by atoms with E-state index in [-0.39, 0.29) is 12.2 Å². The number of aryl methyl sites for hydroxylation is 2. The Morgan fingerprint density at radius 3 is 2.54 bits per heavy atom. The first kappa shape index (κ1) is 18.0. The van der Waals surface area contributed by atoms with Crippen LogP contribution in [0.15, 0.2) is 40.8 Å². The normalized spacial score (nSPS) is 11.8. The number of carbonyl (C=O) groups excluding carboxylic acids is 1. The largest absolute Gasteiger partial charge is 0.471 e. The van der Waals surface area contributed by atoms with Gasteiger partial charge in [-0.1, -0.05) is 17.7 Å². The summed E-state index contributed by atoms with van der Waals surface area (Å²) in [5.41, 5.74) is 3.46. The van der Waals surface area contributed by atoms with E-state index in [4.69, 9.17) is 4.42 Å². The van der Waals surface area contributed by atoms with Gasteiger partial charge in [0.25, 0.3) is 0 Å². The smallest absolute Gasteiger partial charge is 0.436 e. The van der Waals surface area contributed by atoms with E-state index in [9.17, 15) is 18.0 Å². The van der Waals surface area contributed by atoms with Crippen molar-refractivity contribution in [2.45, 2.75) is 26.9 Å². The molecule has 26 heavy (non-hydrogen) atoms. The molecule has 3 rings (SSSR count). The average molecular weight is 362 g/mol. The highest BCUT2D eigenvalue weighted by molar-refractivity contribution is 5.99. The lowest BCUT2D eigenvalue weighted by Crippen LogP contribution is -2.41. The number of hydrogen-bond donors (Lipinski definition) is 0. The van der Waals surface area contributed by atoms with Crippen LogP contribution in [-0.2, 0) is 4.79 Å². The van der Waals surface area contributed by atoms with Crippen LogP contribution in [0, 0.1) is 13.8 Å². The second-order valence-electron chi connectivity index (χ2n) is 6.05. The number of rotatable bonds is 3. The van der Waals surface area contributed by atoms with E-state index in [0.717, 1.165) is 11.1 Å². The summed E-state index contributed by atoms with van der Waals surface area (Å²) < 4.78 is 44.3. The fourth-order valence-electron chi connectivity index (χ4n) is 2.84. The highest BCUT2D eigenvalue weighted by Gasteiger charge is 2.42. The van der Waals surface area contributed by atoms with Crippen LogP contribution in [0.2, 0.25) is 0 Å². The fraction of sp³-hybridized carbons (Fsp3) is 0.263. The zero-order valence-electron chi connectivity index (χ0n) is 14.5. The third kappa shape index (κ3) is 3.29. The molecule has 1 amide bonds. The first-order valence-electron chi connectivity index (χ1n) is 8.07. The molecule has 0 unspecified atom stereocenters. The van der Waals surface area contributed by atoms with Crippen molar-refractivity contribution < 1.29 is 22.4 Å². The molecule has 136 valence electrons. The van der Waals surface area contributed by atoms with Gasteiger partial charge in [0.05, 0.1) is 0 Å². The second kappa shape index (κ2) is 6.48. The van der Waals surface area contributed by atoms with E-state index in [2.05, 4.69) is 4.98 Å². The van der Waals surface area contributed by atoms with Crippen molar-refractivity contribution in [2.24, 2.45) is 0 Å². The minimum atomic E-state index is -4.94. The van der Waals surface area contributed by atoms with E-state index in [1.165, 1.54) is 19.1 Å². The number of fused-ring (bicyclic) bond motifs is 1. The van der Waals surface area contributed by atoms with E-state index >= 15 is 0 Å². The predicted octanol–water partition coefficient (Wildman–Crippen LogP) is 5.03. The van der Waals surface area contributed by atoms with Crippen molar-refractivity contribution in [3.63, 3.8) is 0 Å². The maximum Gasteiger partial charge on any atom is 0.471 e. The van der Waals surface area contributed by atoms with Gasteiger partial charge in [-0.25, -0.2) is 4.98 Å². The Labute approximate surface area is 148 Å². The number of hydrogen-bond acceptors (Lipinski definition) is 3. The van der Waals surface area contributed by atoms with E-state index < -0.39 is 12.1 Å². The molecule has 0 bridgehead atoms. The summed E-state index contributed by atoms with van der Waals surface area (Å²) in [6.07, 6.45) is -4.94. The molecule has 0 N–H and O–H groups in total. The topological polar surface area (TPSA) is 46.3 Å². The van der Waals surface area contributed by atoms with Crippen molar-refractivity contribution in [2.75, 3.05) is 11.4 Å². The first-order chi connectivity index (χ1) is 12.2. The van der Waals surface area contributed by atoms with Gasteiger partial charge in [0.1, 0.15) is 5.52 Å². The zero-order chi connectivity index (χ0) is 19.1. The lowest BCUT2D eigenvalue weighted by Gasteiger charge is -2.22. The standard InChI is InChI=1S/C19H17F3N2O2/c1-4-24(18(25)19(20,21)22)14-9-12(3)16-15(10-14)23-17(26-16)13-7-5-6-11(2)8-13/h5-10H,4H2,1-3H3. The molecular formula is C19H17F3N2O2. The van der Waals surface area contributed by atoms with Crippen LogP contribution in [0.5, 0.6) is 0 Å². The second-order valence-corrected chi connectivity index (χ2v) is 6.05. The van der Waals surface area contributed by atoms with Gasteiger partial charge in [-0.05, 0) is 50.6 Å². The fourth-order valence-corrected chi connectivity index (χ4v) is 2.84. The minimum Gasteiger partial charge on any atom is -0.436 e. The molecule has 0 aliphatic carbocycles. The number of oxazole rings is 1. The quantitative estimate of drug-likeness (QED) is 0.657. The molecule has 0 saturated carbocycles. The first-order valence-corrected chi connectivity index (χ1v) is 8.07.